The highest BCUT2D eigenvalue weighted by Crippen LogP contribution is 2.39. The van der Waals surface area contributed by atoms with Crippen molar-refractivity contribution >= 4 is 17.4 Å². The number of carbonyl (C=O) groups is 2. The van der Waals surface area contributed by atoms with Gasteiger partial charge < -0.3 is 15.1 Å². The third-order valence-electron chi connectivity index (χ3n) is 5.12. The van der Waals surface area contributed by atoms with Crippen LogP contribution in [0.3, 0.4) is 0 Å². The first-order chi connectivity index (χ1) is 13.3. The lowest BCUT2D eigenvalue weighted by Crippen LogP contribution is -2.32. The minimum absolute atomic E-state index is 0.0197. The van der Waals surface area contributed by atoms with Crippen LogP contribution in [0.15, 0.2) is 54.1 Å². The molecule has 3 rings (SSSR count). The summed E-state index contributed by atoms with van der Waals surface area (Å²) in [5, 5.41) is 20.3. The van der Waals surface area contributed by atoms with Gasteiger partial charge in [0.2, 0.25) is 0 Å². The Morgan fingerprint density at radius 3 is 2.18 bits per heavy atom. The van der Waals surface area contributed by atoms with Crippen LogP contribution in [0.2, 0.25) is 0 Å². The van der Waals surface area contributed by atoms with Crippen molar-refractivity contribution in [2.45, 2.75) is 32.7 Å². The number of benzene rings is 2. The van der Waals surface area contributed by atoms with Gasteiger partial charge in [-0.2, -0.15) is 0 Å². The Hall–Kier alpha value is -2.92. The number of aliphatic hydroxyl groups is 2. The minimum atomic E-state index is -0.732. The molecule has 0 aromatic heterocycles. The number of β-amino-alcohol motifs (C(OH)–C–C–N with tert-alkyl or cyclic N) is 1. The number of ketones is 1. The zero-order chi connectivity index (χ0) is 20.4. The molecular formula is C23H25NO4. The number of likely N-dealkylation sites (tertiary alicyclic amines) is 1. The smallest absolute Gasteiger partial charge is 0.295 e. The van der Waals surface area contributed by atoms with E-state index in [4.69, 9.17) is 0 Å². The van der Waals surface area contributed by atoms with Crippen LogP contribution in [0.5, 0.6) is 0 Å². The molecule has 5 heteroatoms. The van der Waals surface area contributed by atoms with Crippen molar-refractivity contribution in [2.75, 3.05) is 13.2 Å². The van der Waals surface area contributed by atoms with Crippen LogP contribution in [0.25, 0.3) is 5.76 Å². The van der Waals surface area contributed by atoms with Crippen LogP contribution in [0.1, 0.15) is 48.1 Å². The molecule has 1 saturated heterocycles. The summed E-state index contributed by atoms with van der Waals surface area (Å²) in [6.45, 7) is 5.86. The summed E-state index contributed by atoms with van der Waals surface area (Å²) in [6.07, 6.45) is 0. The van der Waals surface area contributed by atoms with Gasteiger partial charge in [-0.05, 0) is 24.0 Å². The van der Waals surface area contributed by atoms with Crippen molar-refractivity contribution in [1.29, 1.82) is 0 Å². The van der Waals surface area contributed by atoms with E-state index in [1.165, 1.54) is 4.90 Å². The van der Waals surface area contributed by atoms with Crippen LogP contribution in [0, 0.1) is 6.92 Å². The van der Waals surface area contributed by atoms with Crippen molar-refractivity contribution < 1.29 is 19.8 Å². The van der Waals surface area contributed by atoms with E-state index in [2.05, 4.69) is 13.8 Å². The average molecular weight is 379 g/mol. The molecule has 1 unspecified atom stereocenters. The number of carbonyl (C=O) groups excluding carboxylic acids is 2. The van der Waals surface area contributed by atoms with Gasteiger partial charge in [-0.25, -0.2) is 0 Å². The normalized spacial score (nSPS) is 18.9. The highest BCUT2D eigenvalue weighted by atomic mass is 16.3. The van der Waals surface area contributed by atoms with Gasteiger partial charge in [0.15, 0.2) is 0 Å². The third-order valence-corrected chi connectivity index (χ3v) is 5.12. The zero-order valence-corrected chi connectivity index (χ0v) is 16.3. The van der Waals surface area contributed by atoms with Crippen molar-refractivity contribution in [3.8, 4) is 0 Å². The Bertz CT molecular complexity index is 911. The van der Waals surface area contributed by atoms with Gasteiger partial charge in [-0.1, -0.05) is 67.9 Å². The summed E-state index contributed by atoms with van der Waals surface area (Å²) in [5.74, 6) is -1.28. The topological polar surface area (TPSA) is 77.8 Å². The number of aryl methyl sites for hydroxylation is 1. The first-order valence-electron chi connectivity index (χ1n) is 9.41. The fraction of sp³-hybridized carbons (Fsp3) is 0.304. The SMILES string of the molecule is Cc1ccc(C(O)=C2C(=O)C(=O)N(CCO)C2c2ccc(C(C)C)cc2)cc1. The van der Waals surface area contributed by atoms with E-state index in [9.17, 15) is 19.8 Å². The maximum Gasteiger partial charge on any atom is 0.295 e. The Morgan fingerprint density at radius 2 is 1.64 bits per heavy atom. The first-order valence-corrected chi connectivity index (χ1v) is 9.41. The second-order valence-corrected chi connectivity index (χ2v) is 7.40. The largest absolute Gasteiger partial charge is 0.507 e. The second kappa shape index (κ2) is 7.98. The number of hydrogen-bond acceptors (Lipinski definition) is 4. The third kappa shape index (κ3) is 3.58. The molecule has 5 nitrogen and oxygen atoms in total. The lowest BCUT2D eigenvalue weighted by molar-refractivity contribution is -0.140. The zero-order valence-electron chi connectivity index (χ0n) is 16.3. The van der Waals surface area contributed by atoms with Gasteiger partial charge in [-0.15, -0.1) is 0 Å². The molecule has 1 amide bonds. The van der Waals surface area contributed by atoms with E-state index in [1.54, 1.807) is 12.1 Å². The molecule has 1 fully saturated rings. The van der Waals surface area contributed by atoms with Crippen molar-refractivity contribution in [1.82, 2.24) is 4.90 Å². The molecule has 2 N–H and O–H groups in total. The maximum atomic E-state index is 12.7. The summed E-state index contributed by atoms with van der Waals surface area (Å²) in [4.78, 5) is 26.6. The van der Waals surface area contributed by atoms with Crippen molar-refractivity contribution in [3.63, 3.8) is 0 Å². The quantitative estimate of drug-likeness (QED) is 0.473. The average Bonchev–Trinajstić information content (AvgIpc) is 2.93. The molecule has 2 aromatic carbocycles. The van der Waals surface area contributed by atoms with Crippen LogP contribution < -0.4 is 0 Å². The first kappa shape index (κ1) is 19.8. The highest BCUT2D eigenvalue weighted by Gasteiger charge is 2.45. The highest BCUT2D eigenvalue weighted by molar-refractivity contribution is 6.46. The van der Waals surface area contributed by atoms with Gasteiger partial charge in [0.1, 0.15) is 5.76 Å². The molecule has 0 bridgehead atoms. The Morgan fingerprint density at radius 1 is 1.04 bits per heavy atom. The Labute approximate surface area is 164 Å². The maximum absolute atomic E-state index is 12.7. The van der Waals surface area contributed by atoms with Gasteiger partial charge >= 0.3 is 0 Å². The molecule has 0 radical (unpaired) electrons. The molecular weight excluding hydrogens is 354 g/mol. The summed E-state index contributed by atoms with van der Waals surface area (Å²) < 4.78 is 0. The van der Waals surface area contributed by atoms with E-state index < -0.39 is 17.7 Å². The van der Waals surface area contributed by atoms with E-state index in [0.29, 0.717) is 11.5 Å². The number of amides is 1. The number of hydrogen-bond donors (Lipinski definition) is 2. The standard InChI is InChI=1S/C23H25NO4/c1-14(2)16-8-10-17(11-9-16)20-19(22(27)23(28)24(20)12-13-25)21(26)18-6-4-15(3)5-7-18/h4-11,14,20,25-26H,12-13H2,1-3H3. The Kier molecular flexibility index (Phi) is 5.66. The van der Waals surface area contributed by atoms with E-state index in [0.717, 1.165) is 16.7 Å². The second-order valence-electron chi connectivity index (χ2n) is 7.40. The van der Waals surface area contributed by atoms with E-state index >= 15 is 0 Å². The number of rotatable bonds is 5. The van der Waals surface area contributed by atoms with Crippen LogP contribution in [0.4, 0.5) is 0 Å². The summed E-state index contributed by atoms with van der Waals surface area (Å²) in [5.41, 5.74) is 3.43. The van der Waals surface area contributed by atoms with Gasteiger partial charge in [-0.3, -0.25) is 9.59 Å². The van der Waals surface area contributed by atoms with Gasteiger partial charge in [0, 0.05) is 12.1 Å². The lowest BCUT2D eigenvalue weighted by Gasteiger charge is -2.25. The minimum Gasteiger partial charge on any atom is -0.507 e. The van der Waals surface area contributed by atoms with Crippen LogP contribution >= 0.6 is 0 Å². The number of aliphatic hydroxyl groups excluding tert-OH is 2. The lowest BCUT2D eigenvalue weighted by atomic mass is 9.93. The molecule has 1 aliphatic heterocycles. The number of nitrogens with zero attached hydrogens (tertiary/aromatic N) is 1. The van der Waals surface area contributed by atoms with Gasteiger partial charge in [0.05, 0.1) is 18.2 Å². The Balaban J connectivity index is 2.14. The molecule has 1 atom stereocenters. The van der Waals surface area contributed by atoms with Gasteiger partial charge in [0.25, 0.3) is 11.7 Å². The summed E-state index contributed by atoms with van der Waals surface area (Å²) in [7, 11) is 0. The molecule has 1 heterocycles. The van der Waals surface area contributed by atoms with Crippen LogP contribution in [-0.4, -0.2) is 40.0 Å². The predicted molar refractivity (Wildman–Crippen MR) is 108 cm³/mol. The molecule has 146 valence electrons. The summed E-state index contributed by atoms with van der Waals surface area (Å²) >= 11 is 0. The fourth-order valence-corrected chi connectivity index (χ4v) is 3.50. The molecule has 0 spiro atoms. The van der Waals surface area contributed by atoms with Crippen molar-refractivity contribution in [3.05, 3.63) is 76.4 Å². The number of Topliss-reactive ketones (excluding diaryl/α,β-unsaturated/α-hetero) is 1. The summed E-state index contributed by atoms with van der Waals surface area (Å²) in [6, 6.07) is 14.1. The predicted octanol–water partition coefficient (Wildman–Crippen LogP) is 3.53. The van der Waals surface area contributed by atoms with Crippen molar-refractivity contribution in [2.24, 2.45) is 0 Å². The monoisotopic (exact) mass is 379 g/mol. The fourth-order valence-electron chi connectivity index (χ4n) is 3.50. The van der Waals surface area contributed by atoms with E-state index in [1.807, 2.05) is 43.3 Å². The molecule has 0 aliphatic carbocycles. The van der Waals surface area contributed by atoms with Crippen LogP contribution in [-0.2, 0) is 9.59 Å². The molecule has 1 aliphatic rings. The van der Waals surface area contributed by atoms with E-state index in [-0.39, 0.29) is 24.5 Å². The molecule has 0 saturated carbocycles. The molecule has 28 heavy (non-hydrogen) atoms. The molecule has 2 aromatic rings.